The molecule has 6 nitrogen and oxygen atoms in total. The molecule has 24 heavy (non-hydrogen) atoms. The van der Waals surface area contributed by atoms with E-state index in [0.29, 0.717) is 11.4 Å². The van der Waals surface area contributed by atoms with Gasteiger partial charge in [-0.3, -0.25) is 4.79 Å². The number of ether oxygens (including phenoxy) is 1. The predicted molar refractivity (Wildman–Crippen MR) is 87.7 cm³/mol. The van der Waals surface area contributed by atoms with E-state index in [2.05, 4.69) is 10.5 Å². The molecule has 1 N–H and O–H groups in total. The lowest BCUT2D eigenvalue weighted by Gasteiger charge is -2.07. The van der Waals surface area contributed by atoms with Gasteiger partial charge in [-0.1, -0.05) is 47.6 Å². The molecule has 0 aliphatic carbocycles. The average molecular weight is 322 g/mol. The molecule has 6 heteroatoms. The van der Waals surface area contributed by atoms with E-state index in [1.54, 1.807) is 30.3 Å². The van der Waals surface area contributed by atoms with Gasteiger partial charge in [0.1, 0.15) is 0 Å². The zero-order valence-electron chi connectivity index (χ0n) is 12.9. The Balaban J connectivity index is 1.82. The van der Waals surface area contributed by atoms with Crippen molar-refractivity contribution in [3.05, 3.63) is 71.9 Å². The van der Waals surface area contributed by atoms with Crippen LogP contribution in [0.25, 0.3) is 11.3 Å². The van der Waals surface area contributed by atoms with E-state index < -0.39 is 11.9 Å². The van der Waals surface area contributed by atoms with Gasteiger partial charge in [0.05, 0.1) is 18.4 Å². The molecule has 0 spiro atoms. The van der Waals surface area contributed by atoms with Crippen molar-refractivity contribution in [2.24, 2.45) is 0 Å². The number of hydrogen-bond acceptors (Lipinski definition) is 5. The summed E-state index contributed by atoms with van der Waals surface area (Å²) in [6, 6.07) is 17.5. The molecule has 0 aliphatic rings. The largest absolute Gasteiger partial charge is 0.465 e. The Morgan fingerprint density at radius 3 is 2.50 bits per heavy atom. The summed E-state index contributed by atoms with van der Waals surface area (Å²) in [4.78, 5) is 24.1. The summed E-state index contributed by atoms with van der Waals surface area (Å²) in [5, 5.41) is 6.42. The third-order valence-electron chi connectivity index (χ3n) is 3.38. The number of para-hydroxylation sites is 1. The molecule has 3 aromatic rings. The summed E-state index contributed by atoms with van der Waals surface area (Å²) in [5.41, 5.74) is 1.55. The third kappa shape index (κ3) is 3.17. The fourth-order valence-corrected chi connectivity index (χ4v) is 2.19. The maximum Gasteiger partial charge on any atom is 0.339 e. The lowest BCUT2D eigenvalue weighted by atomic mass is 10.1. The number of carbonyl (C=O) groups excluding carboxylic acids is 2. The van der Waals surface area contributed by atoms with Gasteiger partial charge in [0.25, 0.3) is 5.91 Å². The first kappa shape index (κ1) is 15.5. The quantitative estimate of drug-likeness (QED) is 0.745. The van der Waals surface area contributed by atoms with E-state index in [1.807, 2.05) is 30.3 Å². The first-order chi connectivity index (χ1) is 11.7. The van der Waals surface area contributed by atoms with Crippen LogP contribution >= 0.6 is 0 Å². The number of benzene rings is 2. The van der Waals surface area contributed by atoms with Crippen molar-refractivity contribution in [3.8, 4) is 11.3 Å². The van der Waals surface area contributed by atoms with Crippen molar-refractivity contribution < 1.29 is 18.8 Å². The van der Waals surface area contributed by atoms with Crippen LogP contribution in [0.1, 0.15) is 20.8 Å². The van der Waals surface area contributed by atoms with Crippen molar-refractivity contribution >= 4 is 17.6 Å². The normalized spacial score (nSPS) is 10.2. The Morgan fingerprint density at radius 2 is 1.75 bits per heavy atom. The highest BCUT2D eigenvalue weighted by atomic mass is 16.5. The number of methoxy groups -OCH3 is 1. The van der Waals surface area contributed by atoms with Gasteiger partial charge in [0.15, 0.2) is 11.5 Å². The minimum atomic E-state index is -0.531. The number of rotatable bonds is 4. The van der Waals surface area contributed by atoms with Crippen LogP contribution in [0.5, 0.6) is 0 Å². The van der Waals surface area contributed by atoms with Crippen molar-refractivity contribution in [2.45, 2.75) is 0 Å². The molecule has 0 atom stereocenters. The molecular formula is C18H14N2O4. The SMILES string of the molecule is COC(=O)c1ccccc1NC(=O)c1cc(-c2ccccc2)on1. The predicted octanol–water partition coefficient (Wildman–Crippen LogP) is 3.38. The standard InChI is InChI=1S/C18H14N2O4/c1-23-18(22)13-9-5-6-10-14(13)19-17(21)15-11-16(24-20-15)12-7-3-2-4-8-12/h2-11H,1H3,(H,19,21). The summed E-state index contributed by atoms with van der Waals surface area (Å²) in [5.74, 6) is -0.518. The van der Waals surface area contributed by atoms with E-state index in [1.165, 1.54) is 7.11 Å². The molecule has 0 bridgehead atoms. The fourth-order valence-electron chi connectivity index (χ4n) is 2.19. The molecule has 120 valence electrons. The number of aromatic nitrogens is 1. The Morgan fingerprint density at radius 1 is 1.04 bits per heavy atom. The van der Waals surface area contributed by atoms with Gasteiger partial charge in [-0.15, -0.1) is 0 Å². The zero-order valence-corrected chi connectivity index (χ0v) is 12.9. The molecule has 0 fully saturated rings. The van der Waals surface area contributed by atoms with Crippen LogP contribution in [-0.4, -0.2) is 24.1 Å². The van der Waals surface area contributed by atoms with Gasteiger partial charge in [0.2, 0.25) is 0 Å². The molecule has 3 rings (SSSR count). The van der Waals surface area contributed by atoms with E-state index >= 15 is 0 Å². The monoisotopic (exact) mass is 322 g/mol. The fraction of sp³-hybridized carbons (Fsp3) is 0.0556. The van der Waals surface area contributed by atoms with Gasteiger partial charge in [0, 0.05) is 11.6 Å². The van der Waals surface area contributed by atoms with Crippen LogP contribution in [0.4, 0.5) is 5.69 Å². The van der Waals surface area contributed by atoms with E-state index in [-0.39, 0.29) is 11.3 Å². The topological polar surface area (TPSA) is 81.4 Å². The zero-order chi connectivity index (χ0) is 16.9. The molecule has 0 aliphatic heterocycles. The molecule has 0 radical (unpaired) electrons. The first-order valence-electron chi connectivity index (χ1n) is 7.20. The highest BCUT2D eigenvalue weighted by molar-refractivity contribution is 6.07. The molecule has 0 saturated heterocycles. The number of anilines is 1. The van der Waals surface area contributed by atoms with E-state index in [4.69, 9.17) is 9.26 Å². The molecule has 0 saturated carbocycles. The van der Waals surface area contributed by atoms with E-state index in [9.17, 15) is 9.59 Å². The number of esters is 1. The van der Waals surface area contributed by atoms with Gasteiger partial charge in [-0.25, -0.2) is 4.79 Å². The highest BCUT2D eigenvalue weighted by Gasteiger charge is 2.17. The number of amides is 1. The minimum absolute atomic E-state index is 0.119. The minimum Gasteiger partial charge on any atom is -0.465 e. The Bertz CT molecular complexity index is 871. The molecule has 1 aromatic heterocycles. The summed E-state index contributed by atoms with van der Waals surface area (Å²) in [6.07, 6.45) is 0. The summed E-state index contributed by atoms with van der Waals surface area (Å²) in [7, 11) is 1.28. The maximum absolute atomic E-state index is 12.3. The van der Waals surface area contributed by atoms with Crippen molar-refractivity contribution in [1.82, 2.24) is 5.16 Å². The molecular weight excluding hydrogens is 308 g/mol. The van der Waals surface area contributed by atoms with Gasteiger partial charge in [-0.2, -0.15) is 0 Å². The van der Waals surface area contributed by atoms with Crippen molar-refractivity contribution in [3.63, 3.8) is 0 Å². The number of nitrogens with one attached hydrogen (secondary N) is 1. The second-order valence-electron chi connectivity index (χ2n) is 4.93. The molecule has 1 heterocycles. The van der Waals surface area contributed by atoms with Crippen LogP contribution in [0.3, 0.4) is 0 Å². The summed E-state index contributed by atoms with van der Waals surface area (Å²) < 4.78 is 9.91. The average Bonchev–Trinajstić information content (AvgIpc) is 3.12. The smallest absolute Gasteiger partial charge is 0.339 e. The Labute approximate surface area is 138 Å². The second-order valence-corrected chi connectivity index (χ2v) is 4.93. The number of hydrogen-bond donors (Lipinski definition) is 1. The van der Waals surface area contributed by atoms with Crippen molar-refractivity contribution in [1.29, 1.82) is 0 Å². The Hall–Kier alpha value is -3.41. The van der Waals surface area contributed by atoms with E-state index in [0.717, 1.165) is 5.56 Å². The summed E-state index contributed by atoms with van der Waals surface area (Å²) in [6.45, 7) is 0. The lowest BCUT2D eigenvalue weighted by Crippen LogP contribution is -2.15. The maximum atomic E-state index is 12.3. The van der Waals surface area contributed by atoms with Crippen LogP contribution < -0.4 is 5.32 Å². The van der Waals surface area contributed by atoms with Gasteiger partial charge >= 0.3 is 5.97 Å². The Kier molecular flexibility index (Phi) is 4.38. The van der Waals surface area contributed by atoms with Gasteiger partial charge in [-0.05, 0) is 12.1 Å². The molecule has 0 unspecified atom stereocenters. The van der Waals surface area contributed by atoms with Gasteiger partial charge < -0.3 is 14.6 Å². The number of nitrogens with zero attached hydrogens (tertiary/aromatic N) is 1. The molecule has 1 amide bonds. The highest BCUT2D eigenvalue weighted by Crippen LogP contribution is 2.21. The first-order valence-corrected chi connectivity index (χ1v) is 7.20. The van der Waals surface area contributed by atoms with Crippen LogP contribution in [0, 0.1) is 0 Å². The lowest BCUT2D eigenvalue weighted by molar-refractivity contribution is 0.0602. The van der Waals surface area contributed by atoms with Crippen LogP contribution in [-0.2, 0) is 4.74 Å². The van der Waals surface area contributed by atoms with Crippen molar-refractivity contribution in [2.75, 3.05) is 12.4 Å². The second kappa shape index (κ2) is 6.78. The number of carbonyl (C=O) groups is 2. The third-order valence-corrected chi connectivity index (χ3v) is 3.38. The van der Waals surface area contributed by atoms with Crippen LogP contribution in [0.15, 0.2) is 65.2 Å². The molecule has 2 aromatic carbocycles. The van der Waals surface area contributed by atoms with Crippen LogP contribution in [0.2, 0.25) is 0 Å². The summed E-state index contributed by atoms with van der Waals surface area (Å²) >= 11 is 0.